The lowest BCUT2D eigenvalue weighted by atomic mass is 10.0. The van der Waals surface area contributed by atoms with Gasteiger partial charge in [0.25, 0.3) is 0 Å². The molecule has 3 heterocycles. The summed E-state index contributed by atoms with van der Waals surface area (Å²) in [6.45, 7) is 0. The van der Waals surface area contributed by atoms with Gasteiger partial charge in [0.15, 0.2) is 17.5 Å². The molecule has 0 amide bonds. The molecule has 0 aliphatic heterocycles. The Kier molecular flexibility index (Phi) is 4.42. The van der Waals surface area contributed by atoms with Crippen molar-refractivity contribution in [3.63, 3.8) is 0 Å². The summed E-state index contributed by atoms with van der Waals surface area (Å²) >= 11 is 1.63. The number of rotatable bonds is 4. The molecule has 0 unspecified atom stereocenters. The molecule has 9 rings (SSSR count). The molecule has 6 aromatic carbocycles. The molecule has 0 radical (unpaired) electrons. The molecule has 0 aliphatic rings. The zero-order chi connectivity index (χ0) is 34.3. The second-order valence-electron chi connectivity index (χ2n) is 10.3. The Hall–Kier alpha value is -5.65. The summed E-state index contributed by atoms with van der Waals surface area (Å²) in [6, 6.07) is 30.9. The van der Waals surface area contributed by atoms with Crippen molar-refractivity contribution in [2.24, 2.45) is 0 Å². The molecule has 4 nitrogen and oxygen atoms in total. The lowest BCUT2D eigenvalue weighted by Gasteiger charge is -2.09. The van der Waals surface area contributed by atoms with Crippen molar-refractivity contribution >= 4 is 53.4 Å². The highest BCUT2D eigenvalue weighted by molar-refractivity contribution is 7.26. The first-order valence-electron chi connectivity index (χ1n) is 17.1. The maximum absolute atomic E-state index is 9.40. The van der Waals surface area contributed by atoms with Crippen LogP contribution < -0.4 is 0 Å². The Morgan fingerprint density at radius 2 is 1.23 bits per heavy atom. The van der Waals surface area contributed by atoms with E-state index in [0.29, 0.717) is 22.8 Å². The molecule has 206 valence electrons. The lowest BCUT2D eigenvalue weighted by molar-refractivity contribution is 0.670. The number of nitrogens with zero attached hydrogens (tertiary/aromatic N) is 3. The zero-order valence-corrected chi connectivity index (χ0v) is 23.8. The van der Waals surface area contributed by atoms with E-state index in [9.17, 15) is 4.11 Å². The number of hydrogen-bond donors (Lipinski definition) is 0. The Balaban J connectivity index is 1.35. The fourth-order valence-electron chi connectivity index (χ4n) is 5.58. The Labute approximate surface area is 265 Å². The van der Waals surface area contributed by atoms with Crippen molar-refractivity contribution in [1.29, 1.82) is 0 Å². The van der Waals surface area contributed by atoms with Crippen LogP contribution in [-0.4, -0.2) is 15.0 Å². The quantitative estimate of drug-likeness (QED) is 0.205. The Morgan fingerprint density at radius 3 is 2.07 bits per heavy atom. The van der Waals surface area contributed by atoms with Gasteiger partial charge in [-0.1, -0.05) is 115 Å². The average Bonchev–Trinajstić information content (AvgIpc) is 3.74. The molecule has 5 heteroatoms. The molecule has 3 aromatic heterocycles. The van der Waals surface area contributed by atoms with Gasteiger partial charge in [0.2, 0.25) is 0 Å². The number of furan rings is 1. The molecular formula is C39H23N3OS. The van der Waals surface area contributed by atoms with Crippen LogP contribution in [0.15, 0.2) is 144 Å². The summed E-state index contributed by atoms with van der Waals surface area (Å²) < 4.78 is 62.4. The second-order valence-corrected chi connectivity index (χ2v) is 11.4. The topological polar surface area (TPSA) is 51.8 Å². The van der Waals surface area contributed by atoms with Gasteiger partial charge in [-0.2, -0.15) is 0 Å². The summed E-state index contributed by atoms with van der Waals surface area (Å²) in [5, 5.41) is 2.38. The van der Waals surface area contributed by atoms with Crippen LogP contribution in [0.3, 0.4) is 0 Å². The van der Waals surface area contributed by atoms with Crippen LogP contribution in [-0.2, 0) is 0 Å². The van der Waals surface area contributed by atoms with Crippen LogP contribution >= 0.6 is 11.3 Å². The van der Waals surface area contributed by atoms with Gasteiger partial charge in [0, 0.05) is 53.2 Å². The highest BCUT2D eigenvalue weighted by atomic mass is 32.1. The van der Waals surface area contributed by atoms with E-state index in [1.54, 1.807) is 35.6 Å². The van der Waals surface area contributed by atoms with Crippen molar-refractivity contribution < 1.29 is 12.6 Å². The predicted molar refractivity (Wildman–Crippen MR) is 182 cm³/mol. The highest BCUT2D eigenvalue weighted by Gasteiger charge is 2.18. The Bertz CT molecular complexity index is 2840. The van der Waals surface area contributed by atoms with E-state index in [0.717, 1.165) is 25.7 Å². The summed E-state index contributed by atoms with van der Waals surface area (Å²) in [5.41, 5.74) is 2.44. The van der Waals surface area contributed by atoms with Crippen molar-refractivity contribution in [3.8, 4) is 45.3 Å². The first kappa shape index (κ1) is 19.5. The molecule has 0 saturated heterocycles. The van der Waals surface area contributed by atoms with Crippen LogP contribution in [0.4, 0.5) is 0 Å². The molecule has 9 aromatic rings. The van der Waals surface area contributed by atoms with E-state index >= 15 is 0 Å². The van der Waals surface area contributed by atoms with E-state index in [1.807, 2.05) is 60.7 Å². The van der Waals surface area contributed by atoms with Crippen molar-refractivity contribution in [2.75, 3.05) is 0 Å². The van der Waals surface area contributed by atoms with Crippen LogP contribution in [0.2, 0.25) is 0 Å². The summed E-state index contributed by atoms with van der Waals surface area (Å²) in [5.74, 6) is 0.740. The van der Waals surface area contributed by atoms with Crippen molar-refractivity contribution in [2.45, 2.75) is 0 Å². The molecule has 0 saturated carbocycles. The molecule has 0 fully saturated rings. The van der Waals surface area contributed by atoms with Crippen LogP contribution in [0.25, 0.3) is 87.4 Å². The summed E-state index contributed by atoms with van der Waals surface area (Å²) in [7, 11) is 0. The zero-order valence-electron chi connectivity index (χ0n) is 29.0. The van der Waals surface area contributed by atoms with E-state index in [2.05, 4.69) is 18.2 Å². The first-order chi connectivity index (χ1) is 24.3. The molecular weight excluding hydrogens is 559 g/mol. The van der Waals surface area contributed by atoms with E-state index in [4.69, 9.17) is 23.5 Å². The van der Waals surface area contributed by atoms with Gasteiger partial charge in [0.1, 0.15) is 11.2 Å². The van der Waals surface area contributed by atoms with Gasteiger partial charge in [-0.15, -0.1) is 11.3 Å². The summed E-state index contributed by atoms with van der Waals surface area (Å²) in [6.07, 6.45) is 0. The van der Waals surface area contributed by atoms with Gasteiger partial charge in [0.05, 0.1) is 8.22 Å². The number of hydrogen-bond acceptors (Lipinski definition) is 5. The van der Waals surface area contributed by atoms with E-state index < -0.39 is 0 Å². The minimum atomic E-state index is -0.328. The minimum absolute atomic E-state index is 0.0177. The predicted octanol–water partition coefficient (Wildman–Crippen LogP) is 10.8. The third kappa shape index (κ3) is 4.02. The minimum Gasteiger partial charge on any atom is -0.455 e. The maximum atomic E-state index is 9.40. The van der Waals surface area contributed by atoms with E-state index in [-0.39, 0.29) is 75.1 Å². The van der Waals surface area contributed by atoms with Gasteiger partial charge in [-0.25, -0.2) is 15.0 Å². The number of para-hydroxylation sites is 1. The highest BCUT2D eigenvalue weighted by Crippen LogP contribution is 2.40. The van der Waals surface area contributed by atoms with Gasteiger partial charge in [-0.05, 0) is 29.8 Å². The monoisotopic (exact) mass is 587 g/mol. The molecule has 0 atom stereocenters. The van der Waals surface area contributed by atoms with E-state index in [1.165, 1.54) is 0 Å². The number of fused-ring (bicyclic) bond motifs is 6. The largest absolute Gasteiger partial charge is 0.455 e. The number of benzene rings is 6. The third-order valence-corrected chi connectivity index (χ3v) is 8.88. The molecule has 0 N–H and O–H groups in total. The number of aromatic nitrogens is 3. The standard InChI is InChI=1S/C39H23N3OS/c1-3-11-24(12-4-1)27-16-9-17-30-28-22-21-26(23-33(28)43-35(27)30)38-40-37(25-13-5-2-6-14-25)41-39(42-38)32-19-10-18-31-29-15-7-8-20-34(29)44-36(31)32/h1-23H/i9D,16D,17D,21D,22D,23D. The molecule has 0 bridgehead atoms. The Morgan fingerprint density at radius 1 is 0.523 bits per heavy atom. The van der Waals surface area contributed by atoms with Crippen molar-refractivity contribution in [3.05, 3.63) is 139 Å². The third-order valence-electron chi connectivity index (χ3n) is 7.66. The van der Waals surface area contributed by atoms with Crippen LogP contribution in [0.1, 0.15) is 8.22 Å². The van der Waals surface area contributed by atoms with Gasteiger partial charge in [-0.3, -0.25) is 0 Å². The maximum Gasteiger partial charge on any atom is 0.165 e. The first-order valence-corrected chi connectivity index (χ1v) is 14.9. The SMILES string of the molecule is [2H]c1c([2H])c([2H])c2c(oc3c([2H])c(-c4nc(-c5ccccc5)nc(-c5cccc6c5sc5ccccc56)n4)c([2H])c([2H])c32)c1-c1ccccc1. The fourth-order valence-corrected chi connectivity index (χ4v) is 6.80. The average molecular weight is 588 g/mol. The summed E-state index contributed by atoms with van der Waals surface area (Å²) in [4.78, 5) is 14.6. The fraction of sp³-hybridized carbons (Fsp3) is 0. The van der Waals surface area contributed by atoms with Crippen LogP contribution in [0, 0.1) is 0 Å². The second kappa shape index (κ2) is 9.97. The van der Waals surface area contributed by atoms with Crippen LogP contribution in [0.5, 0.6) is 0 Å². The molecule has 44 heavy (non-hydrogen) atoms. The smallest absolute Gasteiger partial charge is 0.165 e. The van der Waals surface area contributed by atoms with Gasteiger partial charge >= 0.3 is 0 Å². The lowest BCUT2D eigenvalue weighted by Crippen LogP contribution is -2.00. The molecule has 0 aliphatic carbocycles. The van der Waals surface area contributed by atoms with Crippen molar-refractivity contribution in [1.82, 2.24) is 15.0 Å². The molecule has 0 spiro atoms. The van der Waals surface area contributed by atoms with Gasteiger partial charge < -0.3 is 4.42 Å². The normalized spacial score (nSPS) is 13.5. The number of thiophene rings is 1.